The van der Waals surface area contributed by atoms with Crippen molar-refractivity contribution in [1.29, 1.82) is 0 Å². The van der Waals surface area contributed by atoms with Gasteiger partial charge >= 0.3 is 8.25 Å². The Bertz CT molecular complexity index is 830. The summed E-state index contributed by atoms with van der Waals surface area (Å²) in [5, 5.41) is 4.43. The monoisotopic (exact) mass is 416 g/mol. The molecule has 0 fully saturated rings. The first-order valence-electron chi connectivity index (χ1n) is 10.6. The fourth-order valence-electron chi connectivity index (χ4n) is 3.21. The molecule has 1 aromatic carbocycles. The molecule has 2 rings (SSSR count). The summed E-state index contributed by atoms with van der Waals surface area (Å²) in [7, 11) is -2.82. The van der Waals surface area contributed by atoms with E-state index in [0.29, 0.717) is 19.5 Å². The van der Waals surface area contributed by atoms with Gasteiger partial charge in [0.05, 0.1) is 12.1 Å². The van der Waals surface area contributed by atoms with Crippen molar-refractivity contribution in [3.8, 4) is 11.8 Å². The molecule has 0 saturated heterocycles. The van der Waals surface area contributed by atoms with E-state index in [9.17, 15) is 4.57 Å². The summed E-state index contributed by atoms with van der Waals surface area (Å²) in [5.41, 5.74) is 3.13. The van der Waals surface area contributed by atoms with E-state index in [4.69, 9.17) is 9.42 Å². The number of nitrogens with zero attached hydrogens (tertiary/aromatic N) is 1. The van der Waals surface area contributed by atoms with Gasteiger partial charge in [0.15, 0.2) is 0 Å². The van der Waals surface area contributed by atoms with Gasteiger partial charge in [0, 0.05) is 30.1 Å². The molecule has 1 aromatic heterocycles. The van der Waals surface area contributed by atoms with Crippen LogP contribution in [0.5, 0.6) is 0 Å². The molecule has 0 aliphatic carbocycles. The molecule has 1 atom stereocenters. The van der Waals surface area contributed by atoms with Crippen molar-refractivity contribution in [2.24, 2.45) is 0 Å². The number of nitrogens with one attached hydrogen (secondary N) is 1. The summed E-state index contributed by atoms with van der Waals surface area (Å²) in [5.74, 6) is 6.66. The standard InChI is InChI=1S/C23H33N2O3P/c1-2-3-4-5-6-7-8-9-12-20-14-15-21(23-22(20)13-10-17-25-23)19-24-16-11-18-28-29(26)27/h10,13-15,17,24,29H,2-8,11,16,18-19H2,1H3,(H,26,27). The maximum absolute atomic E-state index is 10.5. The smallest absolute Gasteiger partial charge is 0.316 e. The highest BCUT2D eigenvalue weighted by atomic mass is 31.1. The Morgan fingerprint density at radius 2 is 1.97 bits per heavy atom. The van der Waals surface area contributed by atoms with Crippen LogP contribution in [0.15, 0.2) is 30.5 Å². The minimum Gasteiger partial charge on any atom is -0.326 e. The zero-order chi connectivity index (χ0) is 20.7. The van der Waals surface area contributed by atoms with Crippen LogP contribution in [-0.2, 0) is 15.6 Å². The Kier molecular flexibility index (Phi) is 11.6. The van der Waals surface area contributed by atoms with E-state index in [1.54, 1.807) is 0 Å². The second-order valence-electron chi connectivity index (χ2n) is 7.14. The lowest BCUT2D eigenvalue weighted by atomic mass is 10.0. The molecule has 0 spiro atoms. The maximum Gasteiger partial charge on any atom is 0.316 e. The van der Waals surface area contributed by atoms with Crippen LogP contribution in [0, 0.1) is 11.8 Å². The minimum atomic E-state index is -2.82. The second-order valence-corrected chi connectivity index (χ2v) is 7.96. The van der Waals surface area contributed by atoms with Gasteiger partial charge in [0.25, 0.3) is 0 Å². The molecule has 158 valence electrons. The molecular formula is C23H33N2O3P. The average Bonchev–Trinajstić information content (AvgIpc) is 2.73. The Hall–Kier alpha value is -1.70. The van der Waals surface area contributed by atoms with Crippen molar-refractivity contribution in [2.45, 2.75) is 64.8 Å². The highest BCUT2D eigenvalue weighted by molar-refractivity contribution is 7.32. The third kappa shape index (κ3) is 9.10. The van der Waals surface area contributed by atoms with E-state index in [0.717, 1.165) is 28.5 Å². The first kappa shape index (κ1) is 23.6. The lowest BCUT2D eigenvalue weighted by Gasteiger charge is -2.09. The first-order valence-corrected chi connectivity index (χ1v) is 11.9. The molecule has 0 bridgehead atoms. The Morgan fingerprint density at radius 1 is 1.14 bits per heavy atom. The average molecular weight is 417 g/mol. The molecule has 0 aliphatic rings. The van der Waals surface area contributed by atoms with Crippen LogP contribution in [0.25, 0.3) is 10.9 Å². The van der Waals surface area contributed by atoms with Gasteiger partial charge in [-0.3, -0.25) is 9.55 Å². The maximum atomic E-state index is 10.5. The number of benzene rings is 1. The van der Waals surface area contributed by atoms with Gasteiger partial charge in [-0.05, 0) is 37.1 Å². The second kappa shape index (κ2) is 14.3. The van der Waals surface area contributed by atoms with Gasteiger partial charge in [-0.25, -0.2) is 0 Å². The number of rotatable bonds is 13. The van der Waals surface area contributed by atoms with Crippen LogP contribution < -0.4 is 5.32 Å². The number of hydrogen-bond donors (Lipinski definition) is 2. The number of unbranched alkanes of at least 4 members (excludes halogenated alkanes) is 6. The van der Waals surface area contributed by atoms with Crippen LogP contribution >= 0.6 is 8.25 Å². The fourth-order valence-corrected chi connectivity index (χ4v) is 3.53. The van der Waals surface area contributed by atoms with Crippen molar-refractivity contribution < 1.29 is 14.0 Å². The highest BCUT2D eigenvalue weighted by Gasteiger charge is 2.05. The highest BCUT2D eigenvalue weighted by Crippen LogP contribution is 2.20. The predicted molar refractivity (Wildman–Crippen MR) is 120 cm³/mol. The summed E-state index contributed by atoms with van der Waals surface area (Å²) < 4.78 is 15.2. The number of aromatic nitrogens is 1. The van der Waals surface area contributed by atoms with Crippen LogP contribution in [0.1, 0.15) is 69.4 Å². The molecule has 29 heavy (non-hydrogen) atoms. The summed E-state index contributed by atoms with van der Waals surface area (Å²) in [6.45, 7) is 3.93. The fraction of sp³-hybridized carbons (Fsp3) is 0.522. The van der Waals surface area contributed by atoms with E-state index in [2.05, 4.69) is 47.3 Å². The topological polar surface area (TPSA) is 71.5 Å². The largest absolute Gasteiger partial charge is 0.326 e. The van der Waals surface area contributed by atoms with Gasteiger partial charge < -0.3 is 14.7 Å². The molecular weight excluding hydrogens is 383 g/mol. The third-order valence-corrected chi connectivity index (χ3v) is 5.22. The van der Waals surface area contributed by atoms with E-state index < -0.39 is 8.25 Å². The molecule has 6 heteroatoms. The summed E-state index contributed by atoms with van der Waals surface area (Å²) in [4.78, 5) is 13.2. The molecule has 0 saturated carbocycles. The van der Waals surface area contributed by atoms with Crippen molar-refractivity contribution in [2.75, 3.05) is 13.2 Å². The predicted octanol–water partition coefficient (Wildman–Crippen LogP) is 5.22. The van der Waals surface area contributed by atoms with Gasteiger partial charge in [0.1, 0.15) is 0 Å². The molecule has 1 heterocycles. The normalized spacial score (nSPS) is 11.9. The number of fused-ring (bicyclic) bond motifs is 1. The van der Waals surface area contributed by atoms with Gasteiger partial charge in [-0.15, -0.1) is 0 Å². The van der Waals surface area contributed by atoms with Gasteiger partial charge in [-0.1, -0.05) is 63.0 Å². The number of pyridine rings is 1. The molecule has 0 aliphatic heterocycles. The quantitative estimate of drug-likeness (QED) is 0.266. The number of hydrogen-bond acceptors (Lipinski definition) is 4. The van der Waals surface area contributed by atoms with Crippen molar-refractivity contribution in [1.82, 2.24) is 10.3 Å². The van der Waals surface area contributed by atoms with Crippen molar-refractivity contribution >= 4 is 19.2 Å². The first-order chi connectivity index (χ1) is 14.2. The van der Waals surface area contributed by atoms with Crippen LogP contribution in [0.3, 0.4) is 0 Å². The molecule has 2 N–H and O–H groups in total. The van der Waals surface area contributed by atoms with E-state index in [1.165, 1.54) is 38.5 Å². The minimum absolute atomic E-state index is 0.285. The zero-order valence-electron chi connectivity index (χ0n) is 17.4. The zero-order valence-corrected chi connectivity index (χ0v) is 18.4. The van der Waals surface area contributed by atoms with Crippen LogP contribution in [-0.4, -0.2) is 23.0 Å². The third-order valence-electron chi connectivity index (χ3n) is 4.77. The molecule has 0 radical (unpaired) electrons. The Balaban J connectivity index is 1.88. The van der Waals surface area contributed by atoms with Crippen molar-refractivity contribution in [3.05, 3.63) is 41.6 Å². The summed E-state index contributed by atoms with van der Waals surface area (Å²) >= 11 is 0. The van der Waals surface area contributed by atoms with Gasteiger partial charge in [-0.2, -0.15) is 0 Å². The summed E-state index contributed by atoms with van der Waals surface area (Å²) in [6.07, 6.45) is 11.2. The van der Waals surface area contributed by atoms with Crippen LogP contribution in [0.2, 0.25) is 0 Å². The van der Waals surface area contributed by atoms with Crippen molar-refractivity contribution in [3.63, 3.8) is 0 Å². The van der Waals surface area contributed by atoms with E-state index in [1.807, 2.05) is 12.3 Å². The lowest BCUT2D eigenvalue weighted by molar-refractivity contribution is 0.276. The molecule has 1 unspecified atom stereocenters. The van der Waals surface area contributed by atoms with E-state index >= 15 is 0 Å². The van der Waals surface area contributed by atoms with Crippen LogP contribution in [0.4, 0.5) is 0 Å². The Morgan fingerprint density at radius 3 is 2.79 bits per heavy atom. The molecule has 2 aromatic rings. The molecule has 0 amide bonds. The van der Waals surface area contributed by atoms with E-state index in [-0.39, 0.29) is 6.61 Å². The SMILES string of the molecule is CCCCCCCCC#Cc1ccc(CNCCCO[PH](=O)O)c2ncccc12. The lowest BCUT2D eigenvalue weighted by Crippen LogP contribution is -2.16. The van der Waals surface area contributed by atoms with Gasteiger partial charge in [0.2, 0.25) is 0 Å². The Labute approximate surface area is 175 Å². The summed E-state index contributed by atoms with van der Waals surface area (Å²) in [6, 6.07) is 8.19. The molecule has 5 nitrogen and oxygen atoms in total.